The average molecular weight is 467 g/mol. The number of imidazole rings is 1. The Labute approximate surface area is 208 Å². The lowest BCUT2D eigenvalue weighted by atomic mass is 9.70. The Kier molecular flexibility index (Phi) is 7.03. The number of carbonyl (C=O) groups is 1. The van der Waals surface area contributed by atoms with Gasteiger partial charge in [-0.2, -0.15) is 5.26 Å². The number of nitriles is 1. The molecule has 1 aliphatic rings. The van der Waals surface area contributed by atoms with Crippen LogP contribution in [-0.4, -0.2) is 20.3 Å². The second-order valence-corrected chi connectivity index (χ2v) is 10.3. The van der Waals surface area contributed by atoms with E-state index in [-0.39, 0.29) is 17.3 Å². The molecule has 0 N–H and O–H groups in total. The van der Waals surface area contributed by atoms with Crippen molar-refractivity contribution in [2.24, 2.45) is 5.92 Å². The van der Waals surface area contributed by atoms with Crippen LogP contribution < -0.4 is 0 Å². The molecule has 0 radical (unpaired) electrons. The van der Waals surface area contributed by atoms with Gasteiger partial charge in [0.05, 0.1) is 11.3 Å². The number of benzene rings is 1. The third-order valence-electron chi connectivity index (χ3n) is 7.05. The quantitative estimate of drug-likeness (QED) is 0.405. The number of allylic oxidation sites excluding steroid dienone is 2. The zero-order chi connectivity index (χ0) is 25.2. The number of rotatable bonds is 7. The maximum absolute atomic E-state index is 12.6. The summed E-state index contributed by atoms with van der Waals surface area (Å²) in [6.45, 7) is 11.3. The van der Waals surface area contributed by atoms with Crippen LogP contribution in [0.1, 0.15) is 75.9 Å². The number of hydrogen-bond donors (Lipinski definition) is 0. The van der Waals surface area contributed by atoms with Crippen LogP contribution in [0.5, 0.6) is 0 Å². The van der Waals surface area contributed by atoms with Crippen molar-refractivity contribution >= 4 is 5.78 Å². The first-order valence-corrected chi connectivity index (χ1v) is 12.5. The summed E-state index contributed by atoms with van der Waals surface area (Å²) in [5.74, 6) is 1.10. The van der Waals surface area contributed by atoms with E-state index in [4.69, 9.17) is 4.98 Å². The first-order chi connectivity index (χ1) is 16.8. The van der Waals surface area contributed by atoms with Gasteiger partial charge in [0.15, 0.2) is 5.78 Å². The average Bonchev–Trinajstić information content (AvgIpc) is 3.21. The van der Waals surface area contributed by atoms with Crippen molar-refractivity contribution in [3.8, 4) is 17.5 Å². The minimum Gasteiger partial charge on any atom is -0.323 e. The van der Waals surface area contributed by atoms with Gasteiger partial charge in [-0.15, -0.1) is 0 Å². The van der Waals surface area contributed by atoms with E-state index in [1.807, 2.05) is 37.5 Å². The van der Waals surface area contributed by atoms with Gasteiger partial charge in [-0.25, -0.2) is 4.98 Å². The molecule has 3 aromatic rings. The van der Waals surface area contributed by atoms with Crippen LogP contribution in [-0.2, 0) is 23.2 Å². The largest absolute Gasteiger partial charge is 0.323 e. The summed E-state index contributed by atoms with van der Waals surface area (Å²) in [6.07, 6.45) is 7.99. The van der Waals surface area contributed by atoms with E-state index in [1.165, 1.54) is 11.3 Å². The highest BCUT2D eigenvalue weighted by Gasteiger charge is 2.40. The predicted molar refractivity (Wildman–Crippen MR) is 139 cm³/mol. The van der Waals surface area contributed by atoms with E-state index in [9.17, 15) is 10.1 Å². The molecule has 0 saturated heterocycles. The topological polar surface area (TPSA) is 71.6 Å². The van der Waals surface area contributed by atoms with E-state index >= 15 is 0 Å². The Bertz CT molecular complexity index is 1280. The molecule has 2 aromatic heterocycles. The molecule has 5 heteroatoms. The summed E-state index contributed by atoms with van der Waals surface area (Å²) in [4.78, 5) is 22.0. The number of aromatic nitrogens is 3. The Morgan fingerprint density at radius 2 is 1.86 bits per heavy atom. The lowest BCUT2D eigenvalue weighted by molar-refractivity contribution is -0.119. The third kappa shape index (κ3) is 4.84. The lowest BCUT2D eigenvalue weighted by Crippen LogP contribution is -2.33. The molecule has 5 nitrogen and oxygen atoms in total. The number of pyridine rings is 1. The fourth-order valence-corrected chi connectivity index (χ4v) is 5.21. The monoisotopic (exact) mass is 466 g/mol. The molecular weight excluding hydrogens is 432 g/mol. The van der Waals surface area contributed by atoms with Gasteiger partial charge in [0, 0.05) is 41.5 Å². The van der Waals surface area contributed by atoms with Crippen molar-refractivity contribution in [1.29, 1.82) is 5.26 Å². The summed E-state index contributed by atoms with van der Waals surface area (Å²) in [5, 5.41) is 9.66. The minimum absolute atomic E-state index is 0.0669. The van der Waals surface area contributed by atoms with Gasteiger partial charge < -0.3 is 4.57 Å². The second-order valence-electron chi connectivity index (χ2n) is 10.3. The van der Waals surface area contributed by atoms with Crippen LogP contribution in [0.2, 0.25) is 0 Å². The van der Waals surface area contributed by atoms with Crippen LogP contribution >= 0.6 is 0 Å². The zero-order valence-electron chi connectivity index (χ0n) is 21.4. The number of hydrogen-bond acceptors (Lipinski definition) is 4. The number of ketones is 1. The van der Waals surface area contributed by atoms with Crippen molar-refractivity contribution in [3.63, 3.8) is 0 Å². The fraction of sp³-hybridized carbons (Fsp3) is 0.400. The Morgan fingerprint density at radius 1 is 1.17 bits per heavy atom. The predicted octanol–water partition coefficient (Wildman–Crippen LogP) is 6.39. The highest BCUT2D eigenvalue weighted by atomic mass is 16.1. The van der Waals surface area contributed by atoms with E-state index < -0.39 is 5.41 Å². The minimum atomic E-state index is -0.487. The first kappa shape index (κ1) is 24.6. The van der Waals surface area contributed by atoms with Gasteiger partial charge in [-0.05, 0) is 42.0 Å². The first-order valence-electron chi connectivity index (χ1n) is 12.5. The third-order valence-corrected chi connectivity index (χ3v) is 7.05. The standard InChI is InChI=1S/C30H34N4O/c1-6-7-26-28(30(5)16-21(4)27(35)25(17-30)18-31)33-29(24-10-8-23(9-11-24)20(2)3)34(26)19-22-12-14-32-15-13-22/h8-15,17,20-21H,6-7,16,19H2,1-5H3/t21-,30+/m1/s1. The van der Waals surface area contributed by atoms with Crippen LogP contribution in [0.3, 0.4) is 0 Å². The molecule has 0 fully saturated rings. The Hall–Kier alpha value is -3.52. The number of carbonyl (C=O) groups excluding carboxylic acids is 1. The van der Waals surface area contributed by atoms with Crippen LogP contribution in [0.4, 0.5) is 0 Å². The molecule has 4 rings (SSSR count). The molecule has 0 saturated carbocycles. The summed E-state index contributed by atoms with van der Waals surface area (Å²) in [7, 11) is 0. The van der Waals surface area contributed by atoms with Gasteiger partial charge in [0.1, 0.15) is 11.9 Å². The smallest absolute Gasteiger partial charge is 0.175 e. The molecular formula is C30H34N4O. The van der Waals surface area contributed by atoms with Gasteiger partial charge in [0.2, 0.25) is 0 Å². The lowest BCUT2D eigenvalue weighted by Gasteiger charge is -2.32. The van der Waals surface area contributed by atoms with Crippen molar-refractivity contribution < 1.29 is 4.79 Å². The molecule has 1 aliphatic carbocycles. The van der Waals surface area contributed by atoms with E-state index in [1.54, 1.807) is 0 Å². The van der Waals surface area contributed by atoms with E-state index in [2.05, 4.69) is 67.6 Å². The van der Waals surface area contributed by atoms with Crippen molar-refractivity contribution in [3.05, 3.63) is 83.0 Å². The molecule has 2 heterocycles. The highest BCUT2D eigenvalue weighted by molar-refractivity contribution is 6.01. The number of nitrogens with zero attached hydrogens (tertiary/aromatic N) is 4. The van der Waals surface area contributed by atoms with E-state index in [0.29, 0.717) is 18.9 Å². The molecule has 0 amide bonds. The molecule has 2 atom stereocenters. The van der Waals surface area contributed by atoms with Gasteiger partial charge >= 0.3 is 0 Å². The zero-order valence-corrected chi connectivity index (χ0v) is 21.4. The van der Waals surface area contributed by atoms with Crippen LogP contribution in [0.25, 0.3) is 11.4 Å². The molecule has 0 unspecified atom stereocenters. The van der Waals surface area contributed by atoms with Gasteiger partial charge in [0.25, 0.3) is 0 Å². The summed E-state index contributed by atoms with van der Waals surface area (Å²) in [5.41, 5.74) is 5.43. The molecule has 1 aromatic carbocycles. The molecule has 0 aliphatic heterocycles. The van der Waals surface area contributed by atoms with Gasteiger partial charge in [-0.1, -0.05) is 71.4 Å². The molecule has 0 spiro atoms. The van der Waals surface area contributed by atoms with Crippen molar-refractivity contribution in [2.75, 3.05) is 0 Å². The maximum Gasteiger partial charge on any atom is 0.175 e. The molecule has 0 bridgehead atoms. The maximum atomic E-state index is 12.6. The fourth-order valence-electron chi connectivity index (χ4n) is 5.21. The molecule has 180 valence electrons. The summed E-state index contributed by atoms with van der Waals surface area (Å²) in [6, 6.07) is 14.9. The number of Topliss-reactive ketones (excluding diaryl/α,β-unsaturated/α-hetero) is 1. The van der Waals surface area contributed by atoms with Gasteiger partial charge in [-0.3, -0.25) is 9.78 Å². The Balaban J connectivity index is 1.94. The van der Waals surface area contributed by atoms with Crippen molar-refractivity contribution in [1.82, 2.24) is 14.5 Å². The Morgan fingerprint density at radius 3 is 2.46 bits per heavy atom. The highest BCUT2D eigenvalue weighted by Crippen LogP contribution is 2.41. The SMILES string of the molecule is CCCc1c([C@]2(C)C=C(C#N)C(=O)[C@H](C)C2)nc(-c2ccc(C(C)C)cc2)n1Cc1ccncc1. The van der Waals surface area contributed by atoms with Crippen LogP contribution in [0.15, 0.2) is 60.4 Å². The van der Waals surface area contributed by atoms with E-state index in [0.717, 1.165) is 35.5 Å². The summed E-state index contributed by atoms with van der Waals surface area (Å²) >= 11 is 0. The van der Waals surface area contributed by atoms with Crippen molar-refractivity contribution in [2.45, 2.75) is 71.8 Å². The normalized spacial score (nSPS) is 20.1. The van der Waals surface area contributed by atoms with Crippen LogP contribution in [0, 0.1) is 17.2 Å². The summed E-state index contributed by atoms with van der Waals surface area (Å²) < 4.78 is 2.32. The molecule has 35 heavy (non-hydrogen) atoms. The second kappa shape index (κ2) is 10.00.